The Morgan fingerprint density at radius 2 is 1.67 bits per heavy atom. The van der Waals surface area contributed by atoms with Crippen molar-refractivity contribution in [2.24, 2.45) is 5.73 Å². The summed E-state index contributed by atoms with van der Waals surface area (Å²) >= 11 is 0. The van der Waals surface area contributed by atoms with Crippen molar-refractivity contribution >= 4 is 12.2 Å². The highest BCUT2D eigenvalue weighted by Crippen LogP contribution is 2.17. The Kier molecular flexibility index (Phi) is 7.49. The molecule has 0 aromatic carbocycles. The fourth-order valence-corrected chi connectivity index (χ4v) is 1.56. The minimum atomic E-state index is -0.790. The lowest BCUT2D eigenvalue weighted by atomic mass is 10.1. The first kappa shape index (κ1) is 19.5. The average Bonchev–Trinajstić information content (AvgIpc) is 2.22. The van der Waals surface area contributed by atoms with Crippen LogP contribution in [0.25, 0.3) is 0 Å². The normalized spacial score (nSPS) is 11.9. The molecule has 0 saturated carbocycles. The SMILES string of the molecule is CC(C)(C)OC(=O)N(CCNCCOC(N)=O)C(C)(C)C. The van der Waals surface area contributed by atoms with Crippen molar-refractivity contribution in [1.29, 1.82) is 0 Å². The standard InChI is InChI=1S/C14H29N3O4/c1-13(2,3)17(12(19)21-14(4,5)6)9-7-16-8-10-20-11(15)18/h16H,7-10H2,1-6H3,(H2,15,18). The third-order valence-electron chi connectivity index (χ3n) is 2.46. The molecule has 0 aliphatic heterocycles. The minimum absolute atomic E-state index is 0.206. The van der Waals surface area contributed by atoms with Crippen molar-refractivity contribution in [3.05, 3.63) is 0 Å². The number of nitrogens with one attached hydrogen (secondary N) is 1. The first-order valence-electron chi connectivity index (χ1n) is 7.07. The molecule has 124 valence electrons. The molecule has 0 fully saturated rings. The Morgan fingerprint density at radius 1 is 1.10 bits per heavy atom. The van der Waals surface area contributed by atoms with Crippen LogP contribution in [0.3, 0.4) is 0 Å². The Labute approximate surface area is 127 Å². The predicted octanol–water partition coefficient (Wildman–Crippen LogP) is 1.71. The lowest BCUT2D eigenvalue weighted by Gasteiger charge is -2.36. The average molecular weight is 303 g/mol. The van der Waals surface area contributed by atoms with Gasteiger partial charge in [0, 0.05) is 25.2 Å². The van der Waals surface area contributed by atoms with E-state index in [1.807, 2.05) is 41.5 Å². The molecule has 0 unspecified atom stereocenters. The molecule has 3 N–H and O–H groups in total. The molecule has 0 bridgehead atoms. The highest BCUT2D eigenvalue weighted by atomic mass is 16.6. The number of primary amides is 1. The van der Waals surface area contributed by atoms with Gasteiger partial charge in [0.05, 0.1) is 0 Å². The molecule has 7 nitrogen and oxygen atoms in total. The second kappa shape index (κ2) is 8.07. The quantitative estimate of drug-likeness (QED) is 0.728. The summed E-state index contributed by atoms with van der Waals surface area (Å²) in [6, 6.07) is 0. The predicted molar refractivity (Wildman–Crippen MR) is 81.1 cm³/mol. The van der Waals surface area contributed by atoms with Crippen LogP contribution < -0.4 is 11.1 Å². The van der Waals surface area contributed by atoms with Gasteiger partial charge in [0.15, 0.2) is 0 Å². The van der Waals surface area contributed by atoms with Crippen molar-refractivity contribution < 1.29 is 19.1 Å². The van der Waals surface area contributed by atoms with E-state index in [9.17, 15) is 9.59 Å². The highest BCUT2D eigenvalue weighted by Gasteiger charge is 2.30. The molecule has 0 rings (SSSR count). The van der Waals surface area contributed by atoms with Crippen molar-refractivity contribution in [1.82, 2.24) is 10.2 Å². The summed E-state index contributed by atoms with van der Waals surface area (Å²) in [7, 11) is 0. The van der Waals surface area contributed by atoms with Crippen LogP contribution in [-0.2, 0) is 9.47 Å². The van der Waals surface area contributed by atoms with E-state index in [1.165, 1.54) is 0 Å². The van der Waals surface area contributed by atoms with Gasteiger partial charge in [0.25, 0.3) is 0 Å². The summed E-state index contributed by atoms with van der Waals surface area (Å²) in [5.74, 6) is 0. The van der Waals surface area contributed by atoms with Gasteiger partial charge in [0.2, 0.25) is 0 Å². The second-order valence-electron chi connectivity index (χ2n) is 6.72. The molecule has 0 aliphatic rings. The molecule has 0 radical (unpaired) electrons. The maximum atomic E-state index is 12.2. The Morgan fingerprint density at radius 3 is 2.10 bits per heavy atom. The number of carbonyl (C=O) groups excluding carboxylic acids is 2. The molecule has 0 aromatic rings. The summed E-state index contributed by atoms with van der Waals surface area (Å²) in [5, 5.41) is 3.08. The number of carbonyl (C=O) groups is 2. The van der Waals surface area contributed by atoms with Crippen LogP contribution in [-0.4, -0.2) is 54.5 Å². The van der Waals surface area contributed by atoms with E-state index in [1.54, 1.807) is 4.90 Å². The number of rotatable bonds is 6. The van der Waals surface area contributed by atoms with E-state index in [-0.39, 0.29) is 18.2 Å². The van der Waals surface area contributed by atoms with Gasteiger partial charge >= 0.3 is 12.2 Å². The zero-order chi connectivity index (χ0) is 16.7. The Hall–Kier alpha value is -1.50. The van der Waals surface area contributed by atoms with Gasteiger partial charge in [0.1, 0.15) is 12.2 Å². The highest BCUT2D eigenvalue weighted by molar-refractivity contribution is 5.69. The van der Waals surface area contributed by atoms with Crippen molar-refractivity contribution in [3.63, 3.8) is 0 Å². The number of hydrogen-bond acceptors (Lipinski definition) is 5. The van der Waals surface area contributed by atoms with Crippen molar-refractivity contribution in [2.75, 3.05) is 26.2 Å². The maximum Gasteiger partial charge on any atom is 0.410 e. The molecule has 0 aliphatic carbocycles. The van der Waals surface area contributed by atoms with Gasteiger partial charge in [-0.25, -0.2) is 9.59 Å². The van der Waals surface area contributed by atoms with Gasteiger partial charge in [-0.15, -0.1) is 0 Å². The smallest absolute Gasteiger partial charge is 0.410 e. The maximum absolute atomic E-state index is 12.2. The summed E-state index contributed by atoms with van der Waals surface area (Å²) in [5.41, 5.74) is 3.99. The van der Waals surface area contributed by atoms with Gasteiger partial charge in [-0.2, -0.15) is 0 Å². The molecule has 21 heavy (non-hydrogen) atoms. The Balaban J connectivity index is 4.27. The number of ether oxygens (including phenoxy) is 2. The molecular formula is C14H29N3O4. The van der Waals surface area contributed by atoms with Crippen LogP contribution in [0, 0.1) is 0 Å². The summed E-state index contributed by atoms with van der Waals surface area (Å²) in [6.07, 6.45) is -1.13. The van der Waals surface area contributed by atoms with E-state index in [0.29, 0.717) is 19.6 Å². The fraction of sp³-hybridized carbons (Fsp3) is 0.857. The molecule has 0 aromatic heterocycles. The molecule has 0 spiro atoms. The Bertz CT molecular complexity index is 345. The van der Waals surface area contributed by atoms with Crippen LogP contribution in [0.2, 0.25) is 0 Å². The van der Waals surface area contributed by atoms with Gasteiger partial charge in [-0.1, -0.05) is 0 Å². The van der Waals surface area contributed by atoms with E-state index < -0.39 is 11.7 Å². The lowest BCUT2D eigenvalue weighted by Crippen LogP contribution is -2.50. The van der Waals surface area contributed by atoms with Crippen LogP contribution in [0.15, 0.2) is 0 Å². The minimum Gasteiger partial charge on any atom is -0.448 e. The van der Waals surface area contributed by atoms with E-state index in [0.717, 1.165) is 0 Å². The van der Waals surface area contributed by atoms with Gasteiger partial charge < -0.3 is 25.4 Å². The number of nitrogens with zero attached hydrogens (tertiary/aromatic N) is 1. The summed E-state index contributed by atoms with van der Waals surface area (Å²) in [4.78, 5) is 24.3. The number of hydrogen-bond donors (Lipinski definition) is 2. The first-order chi connectivity index (χ1) is 9.43. The molecular weight excluding hydrogens is 274 g/mol. The second-order valence-corrected chi connectivity index (χ2v) is 6.72. The number of amides is 2. The molecule has 0 heterocycles. The van der Waals surface area contributed by atoms with Crippen LogP contribution in [0.5, 0.6) is 0 Å². The molecule has 7 heteroatoms. The van der Waals surface area contributed by atoms with Gasteiger partial charge in [-0.3, -0.25) is 0 Å². The summed E-state index contributed by atoms with van der Waals surface area (Å²) in [6.45, 7) is 13.1. The summed E-state index contributed by atoms with van der Waals surface area (Å²) < 4.78 is 10.0. The molecule has 2 amide bonds. The van der Waals surface area contributed by atoms with Crippen LogP contribution in [0.4, 0.5) is 9.59 Å². The molecule has 0 saturated heterocycles. The zero-order valence-corrected chi connectivity index (χ0v) is 14.0. The first-order valence-corrected chi connectivity index (χ1v) is 7.07. The van der Waals surface area contributed by atoms with Crippen LogP contribution in [0.1, 0.15) is 41.5 Å². The lowest BCUT2D eigenvalue weighted by molar-refractivity contribution is 0.00662. The molecule has 0 atom stereocenters. The van der Waals surface area contributed by atoms with E-state index >= 15 is 0 Å². The van der Waals surface area contributed by atoms with E-state index in [2.05, 4.69) is 10.1 Å². The van der Waals surface area contributed by atoms with E-state index in [4.69, 9.17) is 10.5 Å². The number of nitrogens with two attached hydrogens (primary N) is 1. The zero-order valence-electron chi connectivity index (χ0n) is 14.0. The topological polar surface area (TPSA) is 93.9 Å². The third-order valence-corrected chi connectivity index (χ3v) is 2.46. The fourth-order valence-electron chi connectivity index (χ4n) is 1.56. The largest absolute Gasteiger partial charge is 0.448 e. The monoisotopic (exact) mass is 303 g/mol. The van der Waals surface area contributed by atoms with Crippen LogP contribution >= 0.6 is 0 Å². The van der Waals surface area contributed by atoms with Gasteiger partial charge in [-0.05, 0) is 41.5 Å². The third kappa shape index (κ3) is 9.95. The van der Waals surface area contributed by atoms with Crippen molar-refractivity contribution in [2.45, 2.75) is 52.7 Å². The van der Waals surface area contributed by atoms with Crippen molar-refractivity contribution in [3.8, 4) is 0 Å².